The Labute approximate surface area is 206 Å². The normalized spacial score (nSPS) is 17.5. The van der Waals surface area contributed by atoms with E-state index in [-0.39, 0.29) is 17.2 Å². The predicted molar refractivity (Wildman–Crippen MR) is 139 cm³/mol. The van der Waals surface area contributed by atoms with Crippen molar-refractivity contribution in [3.63, 3.8) is 0 Å². The third-order valence-electron chi connectivity index (χ3n) is 7.36. The number of amides is 1. The van der Waals surface area contributed by atoms with Crippen LogP contribution in [0.3, 0.4) is 0 Å². The van der Waals surface area contributed by atoms with Gasteiger partial charge >= 0.3 is 0 Å². The molecule has 0 spiro atoms. The number of aromatic nitrogens is 1. The van der Waals surface area contributed by atoms with E-state index in [0.717, 1.165) is 44.3 Å². The van der Waals surface area contributed by atoms with Gasteiger partial charge in [-0.25, -0.2) is 0 Å². The van der Waals surface area contributed by atoms with Crippen LogP contribution in [-0.4, -0.2) is 40.5 Å². The van der Waals surface area contributed by atoms with E-state index in [0.29, 0.717) is 30.9 Å². The zero-order valence-electron chi connectivity index (χ0n) is 20.3. The molecule has 0 aliphatic carbocycles. The first-order chi connectivity index (χ1) is 17.1. The number of carbonyl (C=O) groups excluding carboxylic acids is 1. The number of anilines is 2. The van der Waals surface area contributed by atoms with Gasteiger partial charge in [-0.1, -0.05) is 61.9 Å². The SMILES string of the molecule is CCCCc1[nH]c(=O)c(C(=O)N2CC[C@H](c3ccccc3)C2)c(O)c1N1CCCc2ccccc21. The molecule has 0 saturated carbocycles. The van der Waals surface area contributed by atoms with Crippen LogP contribution in [0.5, 0.6) is 5.75 Å². The van der Waals surface area contributed by atoms with Gasteiger partial charge in [-0.15, -0.1) is 0 Å². The summed E-state index contributed by atoms with van der Waals surface area (Å²) in [6.07, 6.45) is 5.25. The van der Waals surface area contributed by atoms with Gasteiger partial charge in [0.1, 0.15) is 11.3 Å². The summed E-state index contributed by atoms with van der Waals surface area (Å²) in [7, 11) is 0. The van der Waals surface area contributed by atoms with Crippen LogP contribution < -0.4 is 10.5 Å². The summed E-state index contributed by atoms with van der Waals surface area (Å²) in [5, 5.41) is 11.5. The van der Waals surface area contributed by atoms with Gasteiger partial charge in [0.15, 0.2) is 5.75 Å². The number of nitrogens with zero attached hydrogens (tertiary/aromatic N) is 2. The zero-order valence-corrected chi connectivity index (χ0v) is 20.3. The number of para-hydroxylation sites is 1. The van der Waals surface area contributed by atoms with Gasteiger partial charge in [-0.3, -0.25) is 9.59 Å². The topological polar surface area (TPSA) is 76.6 Å². The van der Waals surface area contributed by atoms with Gasteiger partial charge in [0, 0.05) is 36.9 Å². The Morgan fingerprint density at radius 1 is 1.09 bits per heavy atom. The smallest absolute Gasteiger partial charge is 0.264 e. The molecule has 2 N–H and O–H groups in total. The van der Waals surface area contributed by atoms with E-state index in [1.165, 1.54) is 11.1 Å². The number of aromatic hydroxyl groups is 1. The van der Waals surface area contributed by atoms with Crippen LogP contribution in [0.25, 0.3) is 0 Å². The second-order valence-corrected chi connectivity index (χ2v) is 9.64. The molecule has 0 bridgehead atoms. The maximum absolute atomic E-state index is 13.6. The van der Waals surface area contributed by atoms with E-state index in [1.54, 1.807) is 4.90 Å². The lowest BCUT2D eigenvalue weighted by Crippen LogP contribution is -2.35. The molecule has 2 aliphatic rings. The number of unbranched alkanes of at least 4 members (excludes halogenated alkanes) is 1. The van der Waals surface area contributed by atoms with Gasteiger partial charge in [0.2, 0.25) is 0 Å². The zero-order chi connectivity index (χ0) is 24.4. The number of fused-ring (bicyclic) bond motifs is 1. The number of carbonyl (C=O) groups is 1. The van der Waals surface area contributed by atoms with E-state index in [9.17, 15) is 14.7 Å². The Morgan fingerprint density at radius 2 is 1.86 bits per heavy atom. The molecule has 1 amide bonds. The number of rotatable bonds is 6. The number of H-pyrrole nitrogens is 1. The number of nitrogens with one attached hydrogen (secondary N) is 1. The van der Waals surface area contributed by atoms with E-state index in [1.807, 2.05) is 30.3 Å². The number of aryl methyl sites for hydroxylation is 2. The average Bonchev–Trinajstić information content (AvgIpc) is 3.38. The van der Waals surface area contributed by atoms with Crippen LogP contribution in [-0.2, 0) is 12.8 Å². The van der Waals surface area contributed by atoms with Gasteiger partial charge in [-0.05, 0) is 49.3 Å². The summed E-state index contributed by atoms with van der Waals surface area (Å²) < 4.78 is 0. The van der Waals surface area contributed by atoms with Crippen molar-refractivity contribution in [3.05, 3.63) is 87.3 Å². The molecular weight excluding hydrogens is 438 g/mol. The monoisotopic (exact) mass is 471 g/mol. The second kappa shape index (κ2) is 9.98. The molecule has 35 heavy (non-hydrogen) atoms. The number of aromatic amines is 1. The molecule has 1 saturated heterocycles. The van der Waals surface area contributed by atoms with Gasteiger partial charge in [-0.2, -0.15) is 0 Å². The third kappa shape index (κ3) is 4.45. The Balaban J connectivity index is 1.53. The Hall–Kier alpha value is -3.54. The molecule has 3 heterocycles. The van der Waals surface area contributed by atoms with E-state index >= 15 is 0 Å². The number of hydrogen-bond donors (Lipinski definition) is 2. The molecule has 6 heteroatoms. The minimum absolute atomic E-state index is 0.142. The highest BCUT2D eigenvalue weighted by molar-refractivity contribution is 5.99. The van der Waals surface area contributed by atoms with Gasteiger partial charge in [0.25, 0.3) is 11.5 Å². The fourth-order valence-corrected chi connectivity index (χ4v) is 5.52. The highest BCUT2D eigenvalue weighted by Crippen LogP contribution is 2.41. The van der Waals surface area contributed by atoms with Crippen LogP contribution >= 0.6 is 0 Å². The van der Waals surface area contributed by atoms with Crippen molar-refractivity contribution in [2.45, 2.75) is 51.4 Å². The summed E-state index contributed by atoms with van der Waals surface area (Å²) in [4.78, 5) is 33.6. The molecule has 182 valence electrons. The molecule has 1 aromatic heterocycles. The predicted octanol–water partition coefficient (Wildman–Crippen LogP) is 5.14. The van der Waals surface area contributed by atoms with Crippen molar-refractivity contribution in [3.8, 4) is 5.75 Å². The molecule has 1 atom stereocenters. The minimum atomic E-state index is -0.504. The van der Waals surface area contributed by atoms with Crippen LogP contribution in [0.15, 0.2) is 59.4 Å². The molecule has 2 aromatic carbocycles. The summed E-state index contributed by atoms with van der Waals surface area (Å²) >= 11 is 0. The summed E-state index contributed by atoms with van der Waals surface area (Å²) in [6, 6.07) is 18.3. The third-order valence-corrected chi connectivity index (χ3v) is 7.36. The second-order valence-electron chi connectivity index (χ2n) is 9.64. The van der Waals surface area contributed by atoms with Crippen molar-refractivity contribution in [1.82, 2.24) is 9.88 Å². The number of likely N-dealkylation sites (tertiary alicyclic amines) is 1. The van der Waals surface area contributed by atoms with Crippen LogP contribution in [0.4, 0.5) is 11.4 Å². The lowest BCUT2D eigenvalue weighted by molar-refractivity contribution is 0.0786. The maximum atomic E-state index is 13.6. The first-order valence-electron chi connectivity index (χ1n) is 12.8. The highest BCUT2D eigenvalue weighted by atomic mass is 16.3. The maximum Gasteiger partial charge on any atom is 0.264 e. The van der Waals surface area contributed by atoms with Crippen molar-refractivity contribution < 1.29 is 9.90 Å². The Kier molecular flexibility index (Phi) is 6.62. The van der Waals surface area contributed by atoms with Crippen molar-refractivity contribution in [2.75, 3.05) is 24.5 Å². The Bertz CT molecular complexity index is 1270. The average molecular weight is 472 g/mol. The molecule has 3 aromatic rings. The molecule has 5 rings (SSSR count). The number of pyridine rings is 1. The summed E-state index contributed by atoms with van der Waals surface area (Å²) in [6.45, 7) is 3.93. The summed E-state index contributed by atoms with van der Waals surface area (Å²) in [5.41, 5.74) is 4.07. The van der Waals surface area contributed by atoms with E-state index in [4.69, 9.17) is 0 Å². The van der Waals surface area contributed by atoms with Crippen molar-refractivity contribution in [2.24, 2.45) is 0 Å². The quantitative estimate of drug-likeness (QED) is 0.522. The van der Waals surface area contributed by atoms with Crippen molar-refractivity contribution >= 4 is 17.3 Å². The minimum Gasteiger partial charge on any atom is -0.505 e. The largest absolute Gasteiger partial charge is 0.505 e. The van der Waals surface area contributed by atoms with Crippen LogP contribution in [0.2, 0.25) is 0 Å². The highest BCUT2D eigenvalue weighted by Gasteiger charge is 2.34. The number of hydrogen-bond acceptors (Lipinski definition) is 4. The molecule has 6 nitrogen and oxygen atoms in total. The lowest BCUT2D eigenvalue weighted by atomic mass is 9.98. The van der Waals surface area contributed by atoms with Gasteiger partial charge in [0.05, 0.1) is 0 Å². The first-order valence-corrected chi connectivity index (χ1v) is 12.8. The van der Waals surface area contributed by atoms with Gasteiger partial charge < -0.3 is 19.9 Å². The van der Waals surface area contributed by atoms with Crippen molar-refractivity contribution in [1.29, 1.82) is 0 Å². The van der Waals surface area contributed by atoms with E-state index in [2.05, 4.69) is 41.1 Å². The standard InChI is InChI=1S/C29H33N3O3/c1-2-3-14-23-26(32-17-9-13-21-12-7-8-15-24(21)32)27(33)25(28(34)30-23)29(35)31-18-16-22(19-31)20-10-5-4-6-11-20/h4-8,10-12,15,22H,2-3,9,13-14,16-19H2,1H3,(H2,30,33,34)/t22-/m0/s1. The molecular formula is C29H33N3O3. The van der Waals surface area contributed by atoms with Crippen LogP contribution in [0.1, 0.15) is 65.7 Å². The Morgan fingerprint density at radius 3 is 2.66 bits per heavy atom. The molecule has 0 unspecified atom stereocenters. The molecule has 2 aliphatic heterocycles. The molecule has 0 radical (unpaired) electrons. The molecule has 1 fully saturated rings. The summed E-state index contributed by atoms with van der Waals surface area (Å²) in [5.74, 6) is -0.348. The lowest BCUT2D eigenvalue weighted by Gasteiger charge is -2.33. The van der Waals surface area contributed by atoms with Crippen LogP contribution in [0, 0.1) is 0 Å². The fraction of sp³-hybridized carbons (Fsp3) is 0.379. The first kappa shape index (κ1) is 23.2. The van der Waals surface area contributed by atoms with E-state index < -0.39 is 11.5 Å². The fourth-order valence-electron chi connectivity index (χ4n) is 5.52. The number of benzene rings is 2.